The molecule has 0 atom stereocenters. The maximum Gasteiger partial charge on any atom is 0.264 e. The molecule has 20 heavy (non-hydrogen) atoms. The molecule has 8 heteroatoms. The van der Waals surface area contributed by atoms with Gasteiger partial charge in [0, 0.05) is 0 Å². The quantitative estimate of drug-likeness (QED) is 0.651. The van der Waals surface area contributed by atoms with E-state index in [1.54, 1.807) is 19.1 Å². The summed E-state index contributed by atoms with van der Waals surface area (Å²) in [6.07, 6.45) is 0. The van der Waals surface area contributed by atoms with E-state index in [0.29, 0.717) is 16.0 Å². The Labute approximate surface area is 124 Å². The standard InChI is InChI=1S/C12H11BrFN3O2S/c1-7-10(3-5-12(13)16-7)17-20(18,19)11-4-2-8(14)6-9(11)15/h2-6,17H,15H2,1H3. The molecule has 2 aromatic rings. The van der Waals surface area contributed by atoms with Gasteiger partial charge in [0.1, 0.15) is 15.3 Å². The summed E-state index contributed by atoms with van der Waals surface area (Å²) in [5.74, 6) is -0.595. The van der Waals surface area contributed by atoms with Crippen LogP contribution in [0.15, 0.2) is 39.8 Å². The fourth-order valence-electron chi connectivity index (χ4n) is 1.60. The lowest BCUT2D eigenvalue weighted by Crippen LogP contribution is -2.16. The lowest BCUT2D eigenvalue weighted by atomic mass is 10.3. The Morgan fingerprint density at radius 3 is 2.60 bits per heavy atom. The number of aromatic nitrogens is 1. The van der Waals surface area contributed by atoms with Gasteiger partial charge in [0.2, 0.25) is 0 Å². The molecule has 0 aliphatic heterocycles. The second-order valence-electron chi connectivity index (χ2n) is 4.05. The highest BCUT2D eigenvalue weighted by Crippen LogP contribution is 2.24. The molecule has 1 heterocycles. The van der Waals surface area contributed by atoms with E-state index in [0.717, 1.165) is 18.2 Å². The number of pyridine rings is 1. The molecule has 5 nitrogen and oxygen atoms in total. The Morgan fingerprint density at radius 1 is 1.30 bits per heavy atom. The van der Waals surface area contributed by atoms with Gasteiger partial charge in [-0.1, -0.05) is 0 Å². The van der Waals surface area contributed by atoms with Gasteiger partial charge in [-0.05, 0) is 53.2 Å². The van der Waals surface area contributed by atoms with Crippen LogP contribution in [0.2, 0.25) is 0 Å². The van der Waals surface area contributed by atoms with Crippen molar-refractivity contribution in [1.29, 1.82) is 0 Å². The highest BCUT2D eigenvalue weighted by atomic mass is 79.9. The van der Waals surface area contributed by atoms with Gasteiger partial charge in [-0.3, -0.25) is 4.72 Å². The van der Waals surface area contributed by atoms with Gasteiger partial charge in [0.05, 0.1) is 17.1 Å². The lowest BCUT2D eigenvalue weighted by Gasteiger charge is -2.11. The molecule has 2 rings (SSSR count). The van der Waals surface area contributed by atoms with Gasteiger partial charge in [-0.2, -0.15) is 0 Å². The van der Waals surface area contributed by atoms with Crippen molar-refractivity contribution in [3.8, 4) is 0 Å². The first-order chi connectivity index (χ1) is 9.29. The average Bonchev–Trinajstić information content (AvgIpc) is 2.32. The van der Waals surface area contributed by atoms with Gasteiger partial charge in [0.25, 0.3) is 10.0 Å². The van der Waals surface area contributed by atoms with Gasteiger partial charge in [0.15, 0.2) is 0 Å². The number of halogens is 2. The van der Waals surface area contributed by atoms with E-state index in [1.165, 1.54) is 0 Å². The second-order valence-corrected chi connectivity index (χ2v) is 6.52. The molecule has 0 saturated heterocycles. The van der Waals surface area contributed by atoms with Crippen LogP contribution in [0.25, 0.3) is 0 Å². The second kappa shape index (κ2) is 5.37. The average molecular weight is 360 g/mol. The predicted molar refractivity (Wildman–Crippen MR) is 78.3 cm³/mol. The number of hydrogen-bond acceptors (Lipinski definition) is 4. The third-order valence-corrected chi connectivity index (χ3v) is 4.44. The zero-order valence-corrected chi connectivity index (χ0v) is 12.8. The number of aryl methyl sites for hydroxylation is 1. The number of sulfonamides is 1. The SMILES string of the molecule is Cc1nc(Br)ccc1NS(=O)(=O)c1ccc(F)cc1N. The Morgan fingerprint density at radius 2 is 2.00 bits per heavy atom. The summed E-state index contributed by atoms with van der Waals surface area (Å²) in [7, 11) is -3.89. The predicted octanol–water partition coefficient (Wildman–Crippen LogP) is 2.67. The third kappa shape index (κ3) is 3.07. The molecule has 0 unspecified atom stereocenters. The largest absolute Gasteiger partial charge is 0.398 e. The molecular formula is C12H11BrFN3O2S. The fraction of sp³-hybridized carbons (Fsp3) is 0.0833. The van der Waals surface area contributed by atoms with Crippen molar-refractivity contribution >= 4 is 37.3 Å². The van der Waals surface area contributed by atoms with E-state index >= 15 is 0 Å². The first-order valence-corrected chi connectivity index (χ1v) is 7.78. The Kier molecular flexibility index (Phi) is 3.96. The number of nitrogen functional groups attached to an aromatic ring is 1. The highest BCUT2D eigenvalue weighted by molar-refractivity contribution is 9.10. The molecule has 0 aliphatic carbocycles. The van der Waals surface area contributed by atoms with Gasteiger partial charge in [-0.25, -0.2) is 17.8 Å². The Balaban J connectivity index is 2.41. The van der Waals surface area contributed by atoms with Crippen LogP contribution in [0.5, 0.6) is 0 Å². The van der Waals surface area contributed by atoms with Crippen molar-refractivity contribution in [1.82, 2.24) is 4.98 Å². The van der Waals surface area contributed by atoms with Crippen molar-refractivity contribution in [3.05, 3.63) is 46.4 Å². The van der Waals surface area contributed by atoms with Gasteiger partial charge < -0.3 is 5.73 Å². The summed E-state index contributed by atoms with van der Waals surface area (Å²) in [5, 5.41) is 0. The van der Waals surface area contributed by atoms with Crippen molar-refractivity contribution < 1.29 is 12.8 Å². The number of benzene rings is 1. The van der Waals surface area contributed by atoms with E-state index in [4.69, 9.17) is 5.73 Å². The number of anilines is 2. The van der Waals surface area contributed by atoms with Crippen LogP contribution in [-0.4, -0.2) is 13.4 Å². The molecule has 0 fully saturated rings. The van der Waals surface area contributed by atoms with Crippen LogP contribution in [-0.2, 0) is 10.0 Å². The van der Waals surface area contributed by atoms with Crippen molar-refractivity contribution in [2.24, 2.45) is 0 Å². The first-order valence-electron chi connectivity index (χ1n) is 5.50. The molecule has 0 saturated carbocycles. The number of nitrogens with two attached hydrogens (primary N) is 1. The molecule has 0 aliphatic rings. The zero-order chi connectivity index (χ0) is 14.9. The molecule has 0 bridgehead atoms. The minimum absolute atomic E-state index is 0.153. The maximum absolute atomic E-state index is 13.0. The molecule has 1 aromatic heterocycles. The molecule has 1 aromatic carbocycles. The topological polar surface area (TPSA) is 85.1 Å². The Hall–Kier alpha value is -1.67. The van der Waals surface area contributed by atoms with Gasteiger partial charge >= 0.3 is 0 Å². The smallest absolute Gasteiger partial charge is 0.264 e. The van der Waals surface area contributed by atoms with E-state index in [2.05, 4.69) is 25.6 Å². The summed E-state index contributed by atoms with van der Waals surface area (Å²) in [6, 6.07) is 6.30. The number of nitrogens with one attached hydrogen (secondary N) is 1. The fourth-order valence-corrected chi connectivity index (χ4v) is 3.23. The van der Waals surface area contributed by atoms with Crippen LogP contribution >= 0.6 is 15.9 Å². The van der Waals surface area contributed by atoms with Crippen LogP contribution in [0.4, 0.5) is 15.8 Å². The summed E-state index contributed by atoms with van der Waals surface area (Å²) in [6.45, 7) is 1.66. The summed E-state index contributed by atoms with van der Waals surface area (Å²) in [4.78, 5) is 3.91. The lowest BCUT2D eigenvalue weighted by molar-refractivity contribution is 0.600. The zero-order valence-electron chi connectivity index (χ0n) is 10.4. The number of rotatable bonds is 3. The molecule has 0 amide bonds. The third-order valence-electron chi connectivity index (χ3n) is 2.56. The summed E-state index contributed by atoms with van der Waals surface area (Å²) >= 11 is 3.19. The van der Waals surface area contributed by atoms with Crippen LogP contribution in [0.1, 0.15) is 5.69 Å². The minimum Gasteiger partial charge on any atom is -0.398 e. The molecular weight excluding hydrogens is 349 g/mol. The van der Waals surface area contributed by atoms with Crippen LogP contribution < -0.4 is 10.5 Å². The molecule has 106 valence electrons. The van der Waals surface area contributed by atoms with E-state index in [1.807, 2.05) is 0 Å². The number of nitrogens with zero attached hydrogens (tertiary/aromatic N) is 1. The van der Waals surface area contributed by atoms with E-state index in [-0.39, 0.29) is 10.6 Å². The Bertz CT molecular complexity index is 765. The summed E-state index contributed by atoms with van der Waals surface area (Å²) < 4.78 is 40.4. The van der Waals surface area contributed by atoms with Crippen LogP contribution in [0, 0.1) is 12.7 Å². The monoisotopic (exact) mass is 359 g/mol. The highest BCUT2D eigenvalue weighted by Gasteiger charge is 2.19. The summed E-state index contributed by atoms with van der Waals surface area (Å²) in [5.41, 5.74) is 6.22. The molecule has 0 spiro atoms. The van der Waals surface area contributed by atoms with Crippen LogP contribution in [0.3, 0.4) is 0 Å². The minimum atomic E-state index is -3.89. The van der Waals surface area contributed by atoms with Crippen molar-refractivity contribution in [2.45, 2.75) is 11.8 Å². The normalized spacial score (nSPS) is 11.3. The molecule has 0 radical (unpaired) electrons. The van der Waals surface area contributed by atoms with Crippen molar-refractivity contribution in [3.63, 3.8) is 0 Å². The van der Waals surface area contributed by atoms with E-state index in [9.17, 15) is 12.8 Å². The van der Waals surface area contributed by atoms with Crippen molar-refractivity contribution in [2.75, 3.05) is 10.5 Å². The van der Waals surface area contributed by atoms with Gasteiger partial charge in [-0.15, -0.1) is 0 Å². The molecule has 3 N–H and O–H groups in total. The maximum atomic E-state index is 13.0. The first kappa shape index (κ1) is 14.7. The number of hydrogen-bond donors (Lipinski definition) is 2. The van der Waals surface area contributed by atoms with E-state index < -0.39 is 15.8 Å².